The molecule has 0 atom stereocenters. The van der Waals surface area contributed by atoms with Crippen molar-refractivity contribution in [2.45, 2.75) is 46.2 Å². The molecule has 0 aliphatic rings. The second-order valence-electron chi connectivity index (χ2n) is 5.04. The standard InChI is InChI=1S/C16H24N2/c1-4-15(5-2)17-9-11-18-10-8-14-12-13(3)6-7-16(14)18/h6-8,10,12,15,17H,4-5,9,11H2,1-3H3. The van der Waals surface area contributed by atoms with E-state index in [2.05, 4.69) is 61.1 Å². The van der Waals surface area contributed by atoms with Gasteiger partial charge < -0.3 is 9.88 Å². The van der Waals surface area contributed by atoms with E-state index in [4.69, 9.17) is 0 Å². The summed E-state index contributed by atoms with van der Waals surface area (Å²) in [5.41, 5.74) is 2.67. The maximum Gasteiger partial charge on any atom is 0.0480 e. The van der Waals surface area contributed by atoms with Crippen LogP contribution in [0.3, 0.4) is 0 Å². The first-order chi connectivity index (χ1) is 8.74. The van der Waals surface area contributed by atoms with Crippen LogP contribution >= 0.6 is 0 Å². The third kappa shape index (κ3) is 2.94. The van der Waals surface area contributed by atoms with Gasteiger partial charge in [-0.05, 0) is 43.4 Å². The zero-order valence-corrected chi connectivity index (χ0v) is 11.7. The van der Waals surface area contributed by atoms with E-state index in [-0.39, 0.29) is 0 Å². The van der Waals surface area contributed by atoms with Crippen LogP contribution in [0.1, 0.15) is 32.3 Å². The number of nitrogens with one attached hydrogen (secondary N) is 1. The van der Waals surface area contributed by atoms with Gasteiger partial charge in [-0.25, -0.2) is 0 Å². The molecule has 2 aromatic rings. The van der Waals surface area contributed by atoms with Crippen molar-refractivity contribution < 1.29 is 0 Å². The Morgan fingerprint density at radius 1 is 1.17 bits per heavy atom. The molecule has 0 saturated carbocycles. The first-order valence-electron chi connectivity index (χ1n) is 7.03. The molecular weight excluding hydrogens is 220 g/mol. The lowest BCUT2D eigenvalue weighted by Gasteiger charge is -2.15. The van der Waals surface area contributed by atoms with Gasteiger partial charge in [0, 0.05) is 30.8 Å². The lowest BCUT2D eigenvalue weighted by molar-refractivity contribution is 0.468. The zero-order chi connectivity index (χ0) is 13.0. The molecule has 1 aromatic heterocycles. The van der Waals surface area contributed by atoms with Crippen LogP contribution in [0, 0.1) is 6.92 Å². The molecule has 0 unspecified atom stereocenters. The van der Waals surface area contributed by atoms with E-state index < -0.39 is 0 Å². The second-order valence-corrected chi connectivity index (χ2v) is 5.04. The van der Waals surface area contributed by atoms with E-state index in [0.29, 0.717) is 6.04 Å². The van der Waals surface area contributed by atoms with Crippen molar-refractivity contribution in [3.8, 4) is 0 Å². The summed E-state index contributed by atoms with van der Waals surface area (Å²) in [6.07, 6.45) is 4.61. The highest BCUT2D eigenvalue weighted by molar-refractivity contribution is 5.80. The molecule has 2 nitrogen and oxygen atoms in total. The number of hydrogen-bond donors (Lipinski definition) is 1. The zero-order valence-electron chi connectivity index (χ0n) is 11.7. The lowest BCUT2D eigenvalue weighted by atomic mass is 10.2. The number of aryl methyl sites for hydroxylation is 1. The molecule has 98 valence electrons. The molecule has 0 radical (unpaired) electrons. The van der Waals surface area contributed by atoms with E-state index in [9.17, 15) is 0 Å². The number of benzene rings is 1. The lowest BCUT2D eigenvalue weighted by Crippen LogP contribution is -2.30. The molecule has 1 aromatic carbocycles. The Kier molecular flexibility index (Phi) is 4.43. The van der Waals surface area contributed by atoms with Crippen molar-refractivity contribution in [2.24, 2.45) is 0 Å². The molecule has 0 amide bonds. The molecule has 1 heterocycles. The van der Waals surface area contributed by atoms with E-state index in [1.807, 2.05) is 0 Å². The predicted octanol–water partition coefficient (Wildman–Crippen LogP) is 3.73. The summed E-state index contributed by atoms with van der Waals surface area (Å²) in [6.45, 7) is 8.72. The van der Waals surface area contributed by atoms with Gasteiger partial charge >= 0.3 is 0 Å². The molecule has 0 fully saturated rings. The Balaban J connectivity index is 2.00. The number of nitrogens with zero attached hydrogens (tertiary/aromatic N) is 1. The van der Waals surface area contributed by atoms with Gasteiger partial charge in [-0.15, -0.1) is 0 Å². The quantitative estimate of drug-likeness (QED) is 0.819. The third-order valence-electron chi connectivity index (χ3n) is 3.70. The largest absolute Gasteiger partial charge is 0.346 e. The van der Waals surface area contributed by atoms with Crippen molar-refractivity contribution in [2.75, 3.05) is 6.54 Å². The minimum Gasteiger partial charge on any atom is -0.346 e. The maximum absolute atomic E-state index is 3.61. The minimum absolute atomic E-state index is 0.661. The fourth-order valence-corrected chi connectivity index (χ4v) is 2.48. The summed E-state index contributed by atoms with van der Waals surface area (Å²) in [4.78, 5) is 0. The van der Waals surface area contributed by atoms with Crippen LogP contribution in [0.2, 0.25) is 0 Å². The summed E-state index contributed by atoms with van der Waals surface area (Å²) in [5, 5.41) is 4.96. The molecule has 18 heavy (non-hydrogen) atoms. The van der Waals surface area contributed by atoms with Crippen LogP contribution in [0.15, 0.2) is 30.5 Å². The Morgan fingerprint density at radius 2 is 1.94 bits per heavy atom. The van der Waals surface area contributed by atoms with E-state index >= 15 is 0 Å². The Labute approximate surface area is 110 Å². The maximum atomic E-state index is 3.61. The smallest absolute Gasteiger partial charge is 0.0480 e. The highest BCUT2D eigenvalue weighted by Gasteiger charge is 2.03. The first-order valence-corrected chi connectivity index (χ1v) is 7.03. The Bertz CT molecular complexity index is 495. The van der Waals surface area contributed by atoms with E-state index in [0.717, 1.165) is 13.1 Å². The summed E-state index contributed by atoms with van der Waals surface area (Å²) in [7, 11) is 0. The summed E-state index contributed by atoms with van der Waals surface area (Å²) >= 11 is 0. The number of aromatic nitrogens is 1. The van der Waals surface area contributed by atoms with Gasteiger partial charge in [-0.2, -0.15) is 0 Å². The average Bonchev–Trinajstić information content (AvgIpc) is 2.77. The van der Waals surface area contributed by atoms with Crippen LogP contribution in [0.25, 0.3) is 10.9 Å². The summed E-state index contributed by atoms with van der Waals surface area (Å²) < 4.78 is 2.34. The van der Waals surface area contributed by atoms with Crippen molar-refractivity contribution >= 4 is 10.9 Å². The molecule has 0 saturated heterocycles. The Hall–Kier alpha value is -1.28. The molecule has 0 aliphatic heterocycles. The van der Waals surface area contributed by atoms with Gasteiger partial charge in [0.15, 0.2) is 0 Å². The molecule has 0 aliphatic carbocycles. The topological polar surface area (TPSA) is 17.0 Å². The molecule has 1 N–H and O–H groups in total. The van der Waals surface area contributed by atoms with Crippen molar-refractivity contribution in [1.82, 2.24) is 9.88 Å². The summed E-state index contributed by atoms with van der Waals surface area (Å²) in [6, 6.07) is 9.53. The van der Waals surface area contributed by atoms with Crippen LogP contribution in [0.4, 0.5) is 0 Å². The van der Waals surface area contributed by atoms with Crippen LogP contribution < -0.4 is 5.32 Å². The number of fused-ring (bicyclic) bond motifs is 1. The van der Waals surface area contributed by atoms with Gasteiger partial charge in [0.2, 0.25) is 0 Å². The fourth-order valence-electron chi connectivity index (χ4n) is 2.48. The van der Waals surface area contributed by atoms with Gasteiger partial charge in [-0.1, -0.05) is 25.5 Å². The molecule has 2 rings (SSSR count). The second kappa shape index (κ2) is 6.05. The molecule has 0 bridgehead atoms. The van der Waals surface area contributed by atoms with Gasteiger partial charge in [-0.3, -0.25) is 0 Å². The van der Waals surface area contributed by atoms with Crippen LogP contribution in [0.5, 0.6) is 0 Å². The van der Waals surface area contributed by atoms with Crippen LogP contribution in [-0.4, -0.2) is 17.2 Å². The van der Waals surface area contributed by atoms with E-state index in [1.54, 1.807) is 0 Å². The van der Waals surface area contributed by atoms with Crippen LogP contribution in [-0.2, 0) is 6.54 Å². The number of rotatable bonds is 6. The molecular formula is C16H24N2. The normalized spacial score (nSPS) is 11.6. The van der Waals surface area contributed by atoms with Gasteiger partial charge in [0.25, 0.3) is 0 Å². The monoisotopic (exact) mass is 244 g/mol. The van der Waals surface area contributed by atoms with Crippen molar-refractivity contribution in [3.63, 3.8) is 0 Å². The molecule has 2 heteroatoms. The van der Waals surface area contributed by atoms with Gasteiger partial charge in [0.1, 0.15) is 0 Å². The SMILES string of the molecule is CCC(CC)NCCn1ccc2cc(C)ccc21. The highest BCUT2D eigenvalue weighted by atomic mass is 15.0. The third-order valence-corrected chi connectivity index (χ3v) is 3.70. The van der Waals surface area contributed by atoms with E-state index in [1.165, 1.54) is 29.3 Å². The average molecular weight is 244 g/mol. The summed E-state index contributed by atoms with van der Waals surface area (Å²) in [5.74, 6) is 0. The van der Waals surface area contributed by atoms with Crippen molar-refractivity contribution in [3.05, 3.63) is 36.0 Å². The Morgan fingerprint density at radius 3 is 2.67 bits per heavy atom. The first kappa shape index (κ1) is 13.2. The highest BCUT2D eigenvalue weighted by Crippen LogP contribution is 2.17. The minimum atomic E-state index is 0.661. The number of hydrogen-bond acceptors (Lipinski definition) is 1. The van der Waals surface area contributed by atoms with Crippen molar-refractivity contribution in [1.29, 1.82) is 0 Å². The predicted molar refractivity (Wildman–Crippen MR) is 79.0 cm³/mol. The fraction of sp³-hybridized carbons (Fsp3) is 0.500. The molecule has 0 spiro atoms. The van der Waals surface area contributed by atoms with Gasteiger partial charge in [0.05, 0.1) is 0 Å².